The van der Waals surface area contributed by atoms with Crippen molar-refractivity contribution < 1.29 is 19.8 Å². The second-order valence-electron chi connectivity index (χ2n) is 0.983. The van der Waals surface area contributed by atoms with E-state index >= 15 is 0 Å². The molecule has 0 atom stereocenters. The second-order valence-corrected chi connectivity index (χ2v) is 0.983. The first kappa shape index (κ1) is 15.7. The minimum Gasteiger partial charge on any atom is -0.550 e. The van der Waals surface area contributed by atoms with Crippen LogP contribution in [0.1, 0.15) is 13.8 Å². The third-order valence-corrected chi connectivity index (χ3v) is 0. The number of carbonyl (C=O) groups is 2. The minimum absolute atomic E-state index is 0. The molecule has 0 aromatic carbocycles. The molecule has 0 fully saturated rings. The Hall–Kier alpha value is -1.10. The number of quaternary nitrogens is 1. The van der Waals surface area contributed by atoms with Gasteiger partial charge in [0.05, 0.1) is 0 Å². The van der Waals surface area contributed by atoms with Crippen LogP contribution < -0.4 is 16.4 Å². The van der Waals surface area contributed by atoms with Crippen molar-refractivity contribution in [3.63, 3.8) is 0 Å². The van der Waals surface area contributed by atoms with Gasteiger partial charge >= 0.3 is 0 Å². The topological polar surface area (TPSA) is 117 Å². The van der Waals surface area contributed by atoms with Gasteiger partial charge in [-0.2, -0.15) is 0 Å². The van der Waals surface area contributed by atoms with E-state index in [9.17, 15) is 0 Å². The molecule has 0 rings (SSSR count). The fourth-order valence-electron chi connectivity index (χ4n) is 0. The Balaban J connectivity index is -0.0000000720. The molecule has 0 saturated heterocycles. The zero-order valence-corrected chi connectivity index (χ0v) is 5.63. The molecular weight excluding hydrogens is 126 g/mol. The summed E-state index contributed by atoms with van der Waals surface area (Å²) in [7, 11) is 0. The molecule has 0 spiro atoms. The van der Waals surface area contributed by atoms with E-state index in [4.69, 9.17) is 19.8 Å². The molecular formula is C4H10NO4-. The van der Waals surface area contributed by atoms with Crippen LogP contribution in [0, 0.1) is 0 Å². The Morgan fingerprint density at radius 2 is 1.00 bits per heavy atom. The molecule has 0 amide bonds. The van der Waals surface area contributed by atoms with Gasteiger partial charge in [0.2, 0.25) is 0 Å². The lowest BCUT2D eigenvalue weighted by molar-refractivity contribution is -0.303. The third kappa shape index (κ3) is 137. The molecule has 4 N–H and O–H groups in total. The molecule has 0 aliphatic rings. The van der Waals surface area contributed by atoms with E-state index in [2.05, 4.69) is 0 Å². The largest absolute Gasteiger partial charge is 0.550 e. The van der Waals surface area contributed by atoms with E-state index < -0.39 is 11.9 Å². The van der Waals surface area contributed by atoms with E-state index in [1.807, 2.05) is 0 Å². The summed E-state index contributed by atoms with van der Waals surface area (Å²) in [5.41, 5.74) is 0. The lowest BCUT2D eigenvalue weighted by Gasteiger charge is -1.77. The van der Waals surface area contributed by atoms with Crippen LogP contribution in [0.2, 0.25) is 0 Å². The van der Waals surface area contributed by atoms with Crippen LogP contribution in [0.5, 0.6) is 0 Å². The van der Waals surface area contributed by atoms with Gasteiger partial charge in [-0.25, -0.2) is 0 Å². The first-order valence-electron chi connectivity index (χ1n) is 1.82. The van der Waals surface area contributed by atoms with E-state index in [0.29, 0.717) is 0 Å². The van der Waals surface area contributed by atoms with Crippen LogP contribution in [-0.4, -0.2) is 11.9 Å². The lowest BCUT2D eigenvalue weighted by Crippen LogP contribution is -2.16. The van der Waals surface area contributed by atoms with Crippen molar-refractivity contribution in [3.8, 4) is 0 Å². The smallest absolute Gasteiger partial charge is 0.0383 e. The van der Waals surface area contributed by atoms with Crippen LogP contribution in [0.25, 0.3) is 0 Å². The van der Waals surface area contributed by atoms with E-state index in [1.54, 1.807) is 0 Å². The van der Waals surface area contributed by atoms with Crippen molar-refractivity contribution in [1.29, 1.82) is 0 Å². The Labute approximate surface area is 52.9 Å². The number of carboxylic acids is 2. The Kier molecular flexibility index (Phi) is 17.4. The molecule has 56 valence electrons. The van der Waals surface area contributed by atoms with Crippen molar-refractivity contribution in [3.05, 3.63) is 0 Å². The summed E-state index contributed by atoms with van der Waals surface area (Å²) in [4.78, 5) is 17.8. The van der Waals surface area contributed by atoms with E-state index in [1.165, 1.54) is 0 Å². The summed E-state index contributed by atoms with van der Waals surface area (Å²) in [6, 6.07) is 0. The summed E-state index contributed by atoms with van der Waals surface area (Å²) < 4.78 is 0. The van der Waals surface area contributed by atoms with Gasteiger partial charge in [0, 0.05) is 11.9 Å². The Morgan fingerprint density at radius 1 is 1.00 bits per heavy atom. The summed E-state index contributed by atoms with van der Waals surface area (Å²) in [5.74, 6) is -2.17. The third-order valence-electron chi connectivity index (χ3n) is 0. The highest BCUT2D eigenvalue weighted by molar-refractivity contribution is 5.60. The van der Waals surface area contributed by atoms with Crippen molar-refractivity contribution in [2.45, 2.75) is 13.8 Å². The summed E-state index contributed by atoms with van der Waals surface area (Å²) in [6.07, 6.45) is 0. The molecule has 5 heteroatoms. The highest BCUT2D eigenvalue weighted by Crippen LogP contribution is 1.31. The van der Waals surface area contributed by atoms with Gasteiger partial charge in [-0.1, -0.05) is 0 Å². The summed E-state index contributed by atoms with van der Waals surface area (Å²) in [5, 5.41) is 17.8. The van der Waals surface area contributed by atoms with Gasteiger partial charge in [0.25, 0.3) is 0 Å². The van der Waals surface area contributed by atoms with E-state index in [0.717, 1.165) is 13.8 Å². The molecule has 0 saturated carbocycles. The molecule has 0 heterocycles. The highest BCUT2D eigenvalue weighted by Gasteiger charge is 1.46. The SMILES string of the molecule is CC(=O)[O-].CC(=O)[O-].[NH4+]. The minimum atomic E-state index is -1.08. The van der Waals surface area contributed by atoms with Gasteiger partial charge in [0.15, 0.2) is 0 Å². The van der Waals surface area contributed by atoms with Crippen molar-refractivity contribution in [2.75, 3.05) is 0 Å². The molecule has 0 bridgehead atoms. The molecule has 0 aromatic rings. The first-order valence-corrected chi connectivity index (χ1v) is 1.82. The van der Waals surface area contributed by atoms with Crippen LogP contribution in [0.3, 0.4) is 0 Å². The van der Waals surface area contributed by atoms with Crippen LogP contribution in [0.4, 0.5) is 0 Å². The van der Waals surface area contributed by atoms with Gasteiger partial charge < -0.3 is 26.0 Å². The molecule has 5 nitrogen and oxygen atoms in total. The maximum atomic E-state index is 8.89. The maximum Gasteiger partial charge on any atom is 0.0383 e. The average Bonchev–Trinajstić information content (AvgIpc) is 1.25. The zero-order chi connectivity index (χ0) is 7.15. The van der Waals surface area contributed by atoms with Crippen molar-refractivity contribution >= 4 is 11.9 Å². The summed E-state index contributed by atoms with van der Waals surface area (Å²) in [6.45, 7) is 1.94. The zero-order valence-electron chi connectivity index (χ0n) is 5.63. The normalized spacial score (nSPS) is 5.56. The first-order chi connectivity index (χ1) is 3.46. The fraction of sp³-hybridized carbons (Fsp3) is 0.500. The second kappa shape index (κ2) is 10.0. The molecule has 0 aromatic heterocycles. The number of hydrogen-bond donors (Lipinski definition) is 1. The average molecular weight is 136 g/mol. The number of aliphatic carboxylic acids is 2. The summed E-state index contributed by atoms with van der Waals surface area (Å²) >= 11 is 0. The van der Waals surface area contributed by atoms with Crippen LogP contribution in [-0.2, 0) is 9.59 Å². The lowest BCUT2D eigenvalue weighted by atomic mass is 10.9. The number of carboxylic acid groups (broad SMARTS) is 2. The van der Waals surface area contributed by atoms with Gasteiger partial charge in [-0.05, 0) is 13.8 Å². The predicted molar refractivity (Wildman–Crippen MR) is 27.3 cm³/mol. The van der Waals surface area contributed by atoms with Gasteiger partial charge in [0.1, 0.15) is 0 Å². The van der Waals surface area contributed by atoms with Gasteiger partial charge in [-0.3, -0.25) is 0 Å². The van der Waals surface area contributed by atoms with Gasteiger partial charge in [-0.15, -0.1) is 0 Å². The molecule has 0 aliphatic carbocycles. The molecule has 0 unspecified atom stereocenters. The Morgan fingerprint density at radius 3 is 1.00 bits per heavy atom. The number of carbonyl (C=O) groups excluding carboxylic acids is 2. The molecule has 0 aliphatic heterocycles. The van der Waals surface area contributed by atoms with Crippen LogP contribution >= 0.6 is 0 Å². The molecule has 0 radical (unpaired) electrons. The maximum absolute atomic E-state index is 8.89. The van der Waals surface area contributed by atoms with E-state index in [-0.39, 0.29) is 6.15 Å². The Bertz CT molecular complexity index is 70.6. The monoisotopic (exact) mass is 136 g/mol. The number of hydrogen-bond acceptors (Lipinski definition) is 4. The van der Waals surface area contributed by atoms with Crippen molar-refractivity contribution in [1.82, 2.24) is 6.15 Å². The number of rotatable bonds is 0. The molecule has 9 heavy (non-hydrogen) atoms. The predicted octanol–water partition coefficient (Wildman–Crippen LogP) is -2.11. The fourth-order valence-corrected chi connectivity index (χ4v) is 0. The van der Waals surface area contributed by atoms with Crippen molar-refractivity contribution in [2.24, 2.45) is 0 Å². The standard InChI is InChI=1S/2C2H4O2.H3N/c2*1-2(3)4;/h2*1H3,(H,3,4);1H3/p-1. The van der Waals surface area contributed by atoms with Crippen LogP contribution in [0.15, 0.2) is 0 Å². The quantitative estimate of drug-likeness (QED) is 0.410. The highest BCUT2D eigenvalue weighted by atomic mass is 16.4.